The van der Waals surface area contributed by atoms with Crippen LogP contribution in [0.5, 0.6) is 0 Å². The summed E-state index contributed by atoms with van der Waals surface area (Å²) in [6, 6.07) is 10.8. The summed E-state index contributed by atoms with van der Waals surface area (Å²) in [5.74, 6) is -0.211. The molecule has 2 aliphatic rings. The lowest BCUT2D eigenvalue weighted by atomic mass is 9.87. The number of hydrogen-bond donors (Lipinski definition) is 2. The molecule has 1 aromatic heterocycles. The Labute approximate surface area is 216 Å². The summed E-state index contributed by atoms with van der Waals surface area (Å²) in [5, 5.41) is 6.79. The number of rotatable bonds is 6. The standard InChI is InChI=1S/C30H42N4O2/c1-29(2,3)22-13-15-24(16-14-22)34(28(36)25-17-18-30(4,5)33-25)26(21-10-9-19-31-20-21)27(35)32-23-11-7-6-8-12-23/h9-10,13-16,19-20,23,25-26,33H,6-8,11-12,17-18H2,1-5H3,(H,32,35)/t25-,26?/m1/s1. The maximum absolute atomic E-state index is 14.2. The topological polar surface area (TPSA) is 74.3 Å². The molecule has 194 valence electrons. The van der Waals surface area contributed by atoms with Crippen LogP contribution in [0.2, 0.25) is 0 Å². The zero-order valence-corrected chi connectivity index (χ0v) is 22.5. The maximum Gasteiger partial charge on any atom is 0.248 e. The van der Waals surface area contributed by atoms with Gasteiger partial charge in [0.2, 0.25) is 11.8 Å². The number of anilines is 1. The van der Waals surface area contributed by atoms with E-state index >= 15 is 0 Å². The average molecular weight is 491 g/mol. The molecule has 1 aliphatic heterocycles. The third-order valence-electron chi connectivity index (χ3n) is 7.63. The van der Waals surface area contributed by atoms with Gasteiger partial charge in [0.05, 0.1) is 6.04 Å². The van der Waals surface area contributed by atoms with Gasteiger partial charge in [-0.3, -0.25) is 19.5 Å². The summed E-state index contributed by atoms with van der Waals surface area (Å²) in [5.41, 5.74) is 2.51. The lowest BCUT2D eigenvalue weighted by Crippen LogP contribution is -2.53. The summed E-state index contributed by atoms with van der Waals surface area (Å²) >= 11 is 0. The zero-order valence-electron chi connectivity index (χ0n) is 22.5. The largest absolute Gasteiger partial charge is 0.351 e. The first-order valence-corrected chi connectivity index (χ1v) is 13.5. The molecule has 0 spiro atoms. The second-order valence-corrected chi connectivity index (χ2v) is 12.2. The summed E-state index contributed by atoms with van der Waals surface area (Å²) in [6.45, 7) is 10.8. The van der Waals surface area contributed by atoms with Gasteiger partial charge in [-0.25, -0.2) is 0 Å². The van der Waals surface area contributed by atoms with E-state index in [9.17, 15) is 9.59 Å². The Bertz CT molecular complexity index is 1040. The van der Waals surface area contributed by atoms with Crippen LogP contribution in [0.4, 0.5) is 5.69 Å². The second kappa shape index (κ2) is 10.7. The Morgan fingerprint density at radius 3 is 2.31 bits per heavy atom. The van der Waals surface area contributed by atoms with Crippen LogP contribution in [-0.2, 0) is 15.0 Å². The van der Waals surface area contributed by atoms with Crippen molar-refractivity contribution < 1.29 is 9.59 Å². The number of amides is 2. The van der Waals surface area contributed by atoms with Gasteiger partial charge in [0.1, 0.15) is 6.04 Å². The summed E-state index contributed by atoms with van der Waals surface area (Å²) in [7, 11) is 0. The molecular formula is C30H42N4O2. The number of nitrogens with one attached hydrogen (secondary N) is 2. The van der Waals surface area contributed by atoms with Gasteiger partial charge in [-0.1, -0.05) is 58.2 Å². The van der Waals surface area contributed by atoms with Crippen molar-refractivity contribution in [2.45, 2.75) is 109 Å². The molecule has 1 saturated heterocycles. The van der Waals surface area contributed by atoms with Crippen molar-refractivity contribution >= 4 is 17.5 Å². The second-order valence-electron chi connectivity index (χ2n) is 12.2. The van der Waals surface area contributed by atoms with E-state index in [-0.39, 0.29) is 34.9 Å². The summed E-state index contributed by atoms with van der Waals surface area (Å²) in [6.07, 6.45) is 10.5. The minimum absolute atomic E-state index is 0.00842. The molecule has 1 aliphatic carbocycles. The Morgan fingerprint density at radius 2 is 1.75 bits per heavy atom. The quantitative estimate of drug-likeness (QED) is 0.566. The summed E-state index contributed by atoms with van der Waals surface area (Å²) in [4.78, 5) is 34.1. The van der Waals surface area contributed by atoms with Gasteiger partial charge in [-0.2, -0.15) is 0 Å². The fraction of sp³-hybridized carbons (Fsp3) is 0.567. The first kappa shape index (κ1) is 26.3. The molecule has 1 unspecified atom stereocenters. The highest BCUT2D eigenvalue weighted by Crippen LogP contribution is 2.34. The summed E-state index contributed by atoms with van der Waals surface area (Å²) < 4.78 is 0. The predicted molar refractivity (Wildman–Crippen MR) is 145 cm³/mol. The average Bonchev–Trinajstić information content (AvgIpc) is 3.22. The SMILES string of the molecule is CC1(C)CC[C@H](C(=O)N(c2ccc(C(C)(C)C)cc2)C(C(=O)NC2CCCCC2)c2cccnc2)N1. The minimum Gasteiger partial charge on any atom is -0.351 e. The van der Waals surface area contributed by atoms with Crippen molar-refractivity contribution in [3.63, 3.8) is 0 Å². The normalized spacial score (nSPS) is 21.1. The fourth-order valence-electron chi connectivity index (χ4n) is 5.48. The van der Waals surface area contributed by atoms with Crippen molar-refractivity contribution in [2.24, 2.45) is 0 Å². The van der Waals surface area contributed by atoms with Crippen LogP contribution in [0.25, 0.3) is 0 Å². The molecule has 0 radical (unpaired) electrons. The number of aromatic nitrogens is 1. The van der Waals surface area contributed by atoms with E-state index in [1.165, 1.54) is 12.0 Å². The number of nitrogens with zero attached hydrogens (tertiary/aromatic N) is 2. The van der Waals surface area contributed by atoms with E-state index in [1.807, 2.05) is 24.3 Å². The van der Waals surface area contributed by atoms with Crippen molar-refractivity contribution in [3.05, 3.63) is 59.9 Å². The Morgan fingerprint density at radius 1 is 1.06 bits per heavy atom. The number of carbonyl (C=O) groups excluding carboxylic acids is 2. The smallest absolute Gasteiger partial charge is 0.248 e. The molecule has 2 amide bonds. The molecule has 36 heavy (non-hydrogen) atoms. The van der Waals surface area contributed by atoms with Crippen molar-refractivity contribution in [2.75, 3.05) is 4.90 Å². The van der Waals surface area contributed by atoms with Gasteiger partial charge < -0.3 is 10.6 Å². The molecule has 6 nitrogen and oxygen atoms in total. The number of carbonyl (C=O) groups is 2. The molecule has 2 aromatic rings. The third kappa shape index (κ3) is 6.15. The molecule has 6 heteroatoms. The van der Waals surface area contributed by atoms with E-state index in [4.69, 9.17) is 0 Å². The van der Waals surface area contributed by atoms with Gasteiger partial charge in [0.25, 0.3) is 0 Å². The van der Waals surface area contributed by atoms with Crippen LogP contribution >= 0.6 is 0 Å². The fourth-order valence-corrected chi connectivity index (χ4v) is 5.48. The number of pyridine rings is 1. The van der Waals surface area contributed by atoms with E-state index in [2.05, 4.69) is 62.4 Å². The highest BCUT2D eigenvalue weighted by atomic mass is 16.2. The molecule has 2 heterocycles. The molecular weight excluding hydrogens is 448 g/mol. The highest BCUT2D eigenvalue weighted by Gasteiger charge is 2.41. The van der Waals surface area contributed by atoms with Gasteiger partial charge >= 0.3 is 0 Å². The zero-order chi connectivity index (χ0) is 25.9. The number of hydrogen-bond acceptors (Lipinski definition) is 4. The van der Waals surface area contributed by atoms with Gasteiger partial charge in [0.15, 0.2) is 0 Å². The first-order valence-electron chi connectivity index (χ1n) is 13.5. The van der Waals surface area contributed by atoms with Crippen molar-refractivity contribution in [1.29, 1.82) is 0 Å². The van der Waals surface area contributed by atoms with Crippen LogP contribution < -0.4 is 15.5 Å². The maximum atomic E-state index is 14.2. The Kier molecular flexibility index (Phi) is 7.84. The van der Waals surface area contributed by atoms with Crippen LogP contribution in [0, 0.1) is 0 Å². The molecule has 4 rings (SSSR count). The molecule has 1 saturated carbocycles. The molecule has 1 aromatic carbocycles. The van der Waals surface area contributed by atoms with Gasteiger partial charge in [-0.05, 0) is 68.7 Å². The first-order chi connectivity index (χ1) is 17.0. The van der Waals surface area contributed by atoms with Crippen LogP contribution in [-0.4, -0.2) is 34.4 Å². The van der Waals surface area contributed by atoms with E-state index in [1.54, 1.807) is 17.3 Å². The van der Waals surface area contributed by atoms with Crippen molar-refractivity contribution in [1.82, 2.24) is 15.6 Å². The van der Waals surface area contributed by atoms with Crippen molar-refractivity contribution in [3.8, 4) is 0 Å². The lowest BCUT2D eigenvalue weighted by molar-refractivity contribution is -0.128. The molecule has 2 atom stereocenters. The van der Waals surface area contributed by atoms with Crippen LogP contribution in [0.15, 0.2) is 48.8 Å². The monoisotopic (exact) mass is 490 g/mol. The lowest BCUT2D eigenvalue weighted by Gasteiger charge is -2.35. The van der Waals surface area contributed by atoms with Crippen LogP contribution in [0.1, 0.15) is 96.7 Å². The molecule has 0 bridgehead atoms. The van der Waals surface area contributed by atoms with E-state index < -0.39 is 6.04 Å². The highest BCUT2D eigenvalue weighted by molar-refractivity contribution is 6.04. The Hall–Kier alpha value is -2.73. The van der Waals surface area contributed by atoms with Gasteiger partial charge in [-0.15, -0.1) is 0 Å². The number of benzene rings is 1. The van der Waals surface area contributed by atoms with E-state index in [0.717, 1.165) is 49.8 Å². The molecule has 2 N–H and O–H groups in total. The van der Waals surface area contributed by atoms with Gasteiger partial charge in [0, 0.05) is 35.2 Å². The molecule has 2 fully saturated rings. The Balaban J connectivity index is 1.75. The third-order valence-corrected chi connectivity index (χ3v) is 7.63. The predicted octanol–water partition coefficient (Wildman–Crippen LogP) is 5.43. The van der Waals surface area contributed by atoms with Crippen LogP contribution in [0.3, 0.4) is 0 Å². The minimum atomic E-state index is -0.792. The van der Waals surface area contributed by atoms with E-state index in [0.29, 0.717) is 0 Å².